The lowest BCUT2D eigenvalue weighted by molar-refractivity contribution is 0.110. The molecule has 2 heterocycles. The lowest BCUT2D eigenvalue weighted by atomic mass is 10.2. The first-order valence-corrected chi connectivity index (χ1v) is 9.72. The summed E-state index contributed by atoms with van der Waals surface area (Å²) >= 11 is 0. The fourth-order valence-corrected chi connectivity index (χ4v) is 3.89. The van der Waals surface area contributed by atoms with E-state index in [1.165, 1.54) is 10.5 Å². The number of sulfonamides is 1. The smallest absolute Gasteiger partial charge is 0.244 e. The molecule has 0 radical (unpaired) electrons. The van der Waals surface area contributed by atoms with E-state index in [2.05, 4.69) is 24.1 Å². The van der Waals surface area contributed by atoms with Crippen molar-refractivity contribution in [3.8, 4) is 0 Å². The predicted octanol–water partition coefficient (Wildman–Crippen LogP) is 2.34. The minimum atomic E-state index is -3.37. The summed E-state index contributed by atoms with van der Waals surface area (Å²) in [4.78, 5) is 4.47. The van der Waals surface area contributed by atoms with Gasteiger partial charge >= 0.3 is 0 Å². The zero-order valence-corrected chi connectivity index (χ0v) is 14.8. The molecule has 0 aromatic carbocycles. The van der Waals surface area contributed by atoms with Gasteiger partial charge in [-0.05, 0) is 37.3 Å². The summed E-state index contributed by atoms with van der Waals surface area (Å²) in [5.41, 5.74) is 0. The van der Waals surface area contributed by atoms with E-state index < -0.39 is 10.0 Å². The normalized spacial score (nSPS) is 16.1. The van der Waals surface area contributed by atoms with Crippen LogP contribution in [0.1, 0.15) is 33.1 Å². The van der Waals surface area contributed by atoms with E-state index >= 15 is 0 Å². The van der Waals surface area contributed by atoms with E-state index in [0.29, 0.717) is 31.4 Å². The molecule has 0 spiro atoms. The minimum absolute atomic E-state index is 0.269. The molecule has 130 valence electrons. The molecule has 0 atom stereocenters. The third-order valence-corrected chi connectivity index (χ3v) is 5.54. The zero-order valence-electron chi connectivity index (χ0n) is 14.0. The lowest BCUT2D eigenvalue weighted by Gasteiger charge is -2.15. The third kappa shape index (κ3) is 5.44. The third-order valence-electron chi connectivity index (χ3n) is 3.66. The summed E-state index contributed by atoms with van der Waals surface area (Å²) < 4.78 is 31.8. The quantitative estimate of drug-likeness (QED) is 0.698. The van der Waals surface area contributed by atoms with Crippen LogP contribution in [0.2, 0.25) is 0 Å². The molecule has 7 heteroatoms. The van der Waals surface area contributed by atoms with Crippen LogP contribution in [0.5, 0.6) is 0 Å². The number of pyridine rings is 1. The molecule has 6 nitrogen and oxygen atoms in total. The topological polar surface area (TPSA) is 71.5 Å². The molecule has 0 unspecified atom stereocenters. The van der Waals surface area contributed by atoms with Gasteiger partial charge in [-0.3, -0.25) is 0 Å². The van der Waals surface area contributed by atoms with Crippen LogP contribution < -0.4 is 5.32 Å². The maximum Gasteiger partial charge on any atom is 0.244 e. The van der Waals surface area contributed by atoms with Crippen LogP contribution in [0.15, 0.2) is 23.2 Å². The number of rotatable bonds is 9. The largest absolute Gasteiger partial charge is 0.381 e. The molecule has 1 fully saturated rings. The van der Waals surface area contributed by atoms with Gasteiger partial charge in [0.2, 0.25) is 10.0 Å². The second kappa shape index (κ2) is 8.61. The van der Waals surface area contributed by atoms with Crippen molar-refractivity contribution < 1.29 is 13.2 Å². The van der Waals surface area contributed by atoms with Crippen LogP contribution in [-0.2, 0) is 14.8 Å². The fraction of sp³-hybridized carbons (Fsp3) is 0.688. The summed E-state index contributed by atoms with van der Waals surface area (Å²) in [5, 5.41) is 3.18. The highest BCUT2D eigenvalue weighted by atomic mass is 32.2. The van der Waals surface area contributed by atoms with Gasteiger partial charge in [-0.1, -0.05) is 13.8 Å². The SMILES string of the molecule is CC(C)COCCCNc1ccc(S(=O)(=O)N2CCCC2)cn1. The molecular formula is C16H27N3O3S. The van der Waals surface area contributed by atoms with Crippen molar-refractivity contribution in [2.24, 2.45) is 5.92 Å². The van der Waals surface area contributed by atoms with Crippen molar-refractivity contribution in [1.29, 1.82) is 0 Å². The second-order valence-electron chi connectivity index (χ2n) is 6.24. The molecule has 1 aromatic heterocycles. The van der Waals surface area contributed by atoms with Crippen molar-refractivity contribution in [2.75, 3.05) is 38.2 Å². The van der Waals surface area contributed by atoms with Gasteiger partial charge in [0.25, 0.3) is 0 Å². The molecule has 0 bridgehead atoms. The predicted molar refractivity (Wildman–Crippen MR) is 91.0 cm³/mol. The van der Waals surface area contributed by atoms with Gasteiger partial charge in [-0.2, -0.15) is 4.31 Å². The molecule has 0 amide bonds. The minimum Gasteiger partial charge on any atom is -0.381 e. The Kier molecular flexibility index (Phi) is 6.80. The Hall–Kier alpha value is -1.18. The number of hydrogen-bond acceptors (Lipinski definition) is 5. The lowest BCUT2D eigenvalue weighted by Crippen LogP contribution is -2.27. The van der Waals surface area contributed by atoms with E-state index in [9.17, 15) is 8.42 Å². The Labute approximate surface area is 139 Å². The molecule has 1 aliphatic heterocycles. The zero-order chi connectivity index (χ0) is 16.7. The Morgan fingerprint density at radius 3 is 2.65 bits per heavy atom. The Morgan fingerprint density at radius 2 is 2.04 bits per heavy atom. The molecule has 2 rings (SSSR count). The molecule has 0 aliphatic carbocycles. The summed E-state index contributed by atoms with van der Waals surface area (Å²) in [7, 11) is -3.37. The number of aromatic nitrogens is 1. The van der Waals surface area contributed by atoms with E-state index in [4.69, 9.17) is 4.74 Å². The van der Waals surface area contributed by atoms with Gasteiger partial charge in [-0.25, -0.2) is 13.4 Å². The summed E-state index contributed by atoms with van der Waals surface area (Å²) in [6, 6.07) is 3.34. The molecule has 0 saturated carbocycles. The number of ether oxygens (including phenoxy) is 1. The number of hydrogen-bond donors (Lipinski definition) is 1. The van der Waals surface area contributed by atoms with Crippen LogP contribution in [0, 0.1) is 5.92 Å². The summed E-state index contributed by atoms with van der Waals surface area (Å²) in [5.74, 6) is 1.24. The van der Waals surface area contributed by atoms with Gasteiger partial charge < -0.3 is 10.1 Å². The molecular weight excluding hydrogens is 314 g/mol. The van der Waals surface area contributed by atoms with E-state index in [1.54, 1.807) is 12.1 Å². The molecule has 23 heavy (non-hydrogen) atoms. The number of nitrogens with zero attached hydrogens (tertiary/aromatic N) is 2. The highest BCUT2D eigenvalue weighted by molar-refractivity contribution is 7.89. The van der Waals surface area contributed by atoms with Crippen molar-refractivity contribution in [1.82, 2.24) is 9.29 Å². The van der Waals surface area contributed by atoms with Crippen LogP contribution >= 0.6 is 0 Å². The van der Waals surface area contributed by atoms with Crippen molar-refractivity contribution in [3.05, 3.63) is 18.3 Å². The highest BCUT2D eigenvalue weighted by Crippen LogP contribution is 2.20. The van der Waals surface area contributed by atoms with E-state index in [1.807, 2.05) is 0 Å². The molecule has 1 N–H and O–H groups in total. The Morgan fingerprint density at radius 1 is 1.30 bits per heavy atom. The number of anilines is 1. The van der Waals surface area contributed by atoms with Crippen LogP contribution in [0.25, 0.3) is 0 Å². The Bertz CT molecular complexity index is 567. The second-order valence-corrected chi connectivity index (χ2v) is 8.18. The standard InChI is InChI=1S/C16H27N3O3S/c1-14(2)13-22-11-5-8-17-16-7-6-15(12-18-16)23(20,21)19-9-3-4-10-19/h6-7,12,14H,3-5,8-11,13H2,1-2H3,(H,17,18). The van der Waals surface area contributed by atoms with Crippen molar-refractivity contribution >= 4 is 15.8 Å². The van der Waals surface area contributed by atoms with Crippen LogP contribution in [0.4, 0.5) is 5.82 Å². The molecule has 1 aromatic rings. The fourth-order valence-electron chi connectivity index (χ4n) is 2.42. The van der Waals surface area contributed by atoms with Crippen molar-refractivity contribution in [3.63, 3.8) is 0 Å². The van der Waals surface area contributed by atoms with E-state index in [-0.39, 0.29) is 4.90 Å². The summed E-state index contributed by atoms with van der Waals surface area (Å²) in [6.45, 7) is 7.72. The van der Waals surface area contributed by atoms with Gasteiger partial charge in [0.05, 0.1) is 0 Å². The van der Waals surface area contributed by atoms with Gasteiger partial charge in [0.15, 0.2) is 0 Å². The first-order chi connectivity index (χ1) is 11.0. The van der Waals surface area contributed by atoms with Crippen LogP contribution in [-0.4, -0.2) is 50.6 Å². The average Bonchev–Trinajstić information content (AvgIpc) is 3.06. The van der Waals surface area contributed by atoms with Gasteiger partial charge in [-0.15, -0.1) is 0 Å². The van der Waals surface area contributed by atoms with Gasteiger partial charge in [0, 0.05) is 39.0 Å². The molecule has 1 aliphatic rings. The van der Waals surface area contributed by atoms with Gasteiger partial charge in [0.1, 0.15) is 10.7 Å². The first-order valence-electron chi connectivity index (χ1n) is 8.28. The Balaban J connectivity index is 1.78. The average molecular weight is 341 g/mol. The maximum absolute atomic E-state index is 12.4. The number of nitrogens with one attached hydrogen (secondary N) is 1. The monoisotopic (exact) mass is 341 g/mol. The van der Waals surface area contributed by atoms with E-state index in [0.717, 1.165) is 32.4 Å². The maximum atomic E-state index is 12.4. The summed E-state index contributed by atoms with van der Waals surface area (Å²) in [6.07, 6.45) is 4.20. The first kappa shape index (κ1) is 18.2. The van der Waals surface area contributed by atoms with Crippen molar-refractivity contribution in [2.45, 2.75) is 38.0 Å². The van der Waals surface area contributed by atoms with Crippen LogP contribution in [0.3, 0.4) is 0 Å². The highest BCUT2D eigenvalue weighted by Gasteiger charge is 2.27. The molecule has 1 saturated heterocycles.